The molecule has 0 bridgehead atoms. The molecule has 2 aliphatic rings. The van der Waals surface area contributed by atoms with Crippen LogP contribution in [0.25, 0.3) is 22.3 Å². The van der Waals surface area contributed by atoms with Gasteiger partial charge in [-0.05, 0) is 13.3 Å². The molecule has 0 aromatic carbocycles. The van der Waals surface area contributed by atoms with E-state index >= 15 is 0 Å². The Morgan fingerprint density at radius 3 is 2.46 bits per heavy atom. The number of nitrogen functional groups attached to an aromatic ring is 1. The zero-order valence-corrected chi connectivity index (χ0v) is 24.1. The molecule has 6 rings (SSSR count). The van der Waals surface area contributed by atoms with Crippen LogP contribution in [0.1, 0.15) is 34.1 Å². The number of hydrogen-bond donors (Lipinski definition) is 4. The van der Waals surface area contributed by atoms with Crippen LogP contribution in [0.4, 0.5) is 14.6 Å². The normalized spacial score (nSPS) is 33.1. The van der Waals surface area contributed by atoms with Crippen LogP contribution in [0.2, 0.25) is 5.15 Å². The molecule has 17 heteroatoms. The Hall–Kier alpha value is -2.82. The van der Waals surface area contributed by atoms with Gasteiger partial charge in [0.05, 0.1) is 19.0 Å². The molecule has 0 spiro atoms. The smallest absolute Gasteiger partial charge is 0.309 e. The van der Waals surface area contributed by atoms with Gasteiger partial charge in [-0.1, -0.05) is 30.4 Å². The summed E-state index contributed by atoms with van der Waals surface area (Å²) in [6, 6.07) is 0. The highest BCUT2D eigenvalue weighted by atomic mass is 35.5. The first-order chi connectivity index (χ1) is 19.0. The molecule has 0 radical (unpaired) electrons. The highest BCUT2D eigenvalue weighted by molar-refractivity contribution is 6.33. The van der Waals surface area contributed by atoms with E-state index in [1.165, 1.54) is 36.8 Å². The number of nitrogens with two attached hydrogens (primary N) is 1. The lowest BCUT2D eigenvalue weighted by Gasteiger charge is -2.28. The number of aromatic amines is 1. The minimum Gasteiger partial charge on any atom is -1.00 e. The van der Waals surface area contributed by atoms with Gasteiger partial charge >= 0.3 is 5.65 Å². The number of halogens is 4. The summed E-state index contributed by atoms with van der Waals surface area (Å²) in [5.41, 5.74) is 4.84. The summed E-state index contributed by atoms with van der Waals surface area (Å²) in [6.07, 6.45) is 0.941. The first kappa shape index (κ1) is 31.1. The largest absolute Gasteiger partial charge is 1.00 e. The van der Waals surface area contributed by atoms with Crippen LogP contribution in [-0.4, -0.2) is 81.9 Å². The molecule has 13 nitrogen and oxygen atoms in total. The van der Waals surface area contributed by atoms with Crippen LogP contribution < -0.4 is 22.7 Å². The number of nitrogens with zero attached hydrogens (tertiary/aromatic N) is 7. The number of aromatic nitrogens is 8. The summed E-state index contributed by atoms with van der Waals surface area (Å²) in [5.74, 6) is 0.0461. The molecular weight excluding hydrogens is 587 g/mol. The van der Waals surface area contributed by atoms with Crippen molar-refractivity contribution >= 4 is 39.7 Å². The highest BCUT2D eigenvalue weighted by Crippen LogP contribution is 2.43. The monoisotopic (exact) mass is 617 g/mol. The van der Waals surface area contributed by atoms with Crippen molar-refractivity contribution in [2.75, 3.05) is 12.3 Å². The van der Waals surface area contributed by atoms with Gasteiger partial charge in [-0.2, -0.15) is 4.98 Å². The van der Waals surface area contributed by atoms with Crippen molar-refractivity contribution in [3.05, 3.63) is 30.5 Å². The van der Waals surface area contributed by atoms with Gasteiger partial charge in [-0.3, -0.25) is 9.55 Å². The lowest BCUT2D eigenvalue weighted by Crippen LogP contribution is -3.00. The van der Waals surface area contributed by atoms with E-state index in [1.54, 1.807) is 11.5 Å². The average Bonchev–Trinajstić information content (AvgIpc) is 3.68. The Kier molecular flexibility index (Phi) is 8.70. The van der Waals surface area contributed by atoms with Gasteiger partial charge in [0.1, 0.15) is 24.1 Å². The maximum atomic E-state index is 14.7. The molecule has 6 heterocycles. The number of anilines is 1. The number of ether oxygens (including phenoxy) is 2. The molecule has 0 saturated carbocycles. The van der Waals surface area contributed by atoms with Crippen molar-refractivity contribution in [3.63, 3.8) is 0 Å². The minimum absolute atomic E-state index is 0. The Morgan fingerprint density at radius 1 is 1.12 bits per heavy atom. The van der Waals surface area contributed by atoms with Crippen molar-refractivity contribution in [1.29, 1.82) is 0 Å². The van der Waals surface area contributed by atoms with E-state index in [2.05, 4.69) is 29.9 Å². The number of fused-ring (bicyclic) bond motifs is 2. The zero-order chi connectivity index (χ0) is 29.0. The summed E-state index contributed by atoms with van der Waals surface area (Å²) in [7, 11) is 0. The summed E-state index contributed by atoms with van der Waals surface area (Å²) in [6.45, 7) is 6.58. The quantitative estimate of drug-likeness (QED) is 0.156. The van der Waals surface area contributed by atoms with E-state index in [0.717, 1.165) is 6.42 Å². The van der Waals surface area contributed by atoms with E-state index in [4.69, 9.17) is 31.9 Å². The van der Waals surface area contributed by atoms with Gasteiger partial charge in [0.2, 0.25) is 11.2 Å². The molecule has 4 aromatic rings. The molecule has 2 fully saturated rings. The molecular formula is C24H31Cl2F2N9O4. The van der Waals surface area contributed by atoms with Crippen molar-refractivity contribution in [1.82, 2.24) is 34.5 Å². The number of hydrogen-bond acceptors (Lipinski definition) is 10. The Balaban J connectivity index is 0.000000184. The molecule has 8 atom stereocenters. The van der Waals surface area contributed by atoms with Crippen molar-refractivity contribution in [2.45, 2.75) is 76.2 Å². The van der Waals surface area contributed by atoms with Gasteiger partial charge in [0.25, 0.3) is 0 Å². The number of H-pyrrole nitrogens is 1. The topological polar surface area (TPSA) is 174 Å². The summed E-state index contributed by atoms with van der Waals surface area (Å²) in [5, 5.41) is 19.2. The number of aliphatic hydroxyl groups excluding tert-OH is 2. The zero-order valence-electron chi connectivity index (χ0n) is 22.6. The molecule has 2 aliphatic heterocycles. The van der Waals surface area contributed by atoms with E-state index in [-0.39, 0.29) is 35.4 Å². The number of nitrogens with one attached hydrogen (secondary N) is 1. The maximum Gasteiger partial charge on any atom is 0.309 e. The lowest BCUT2D eigenvalue weighted by atomic mass is 9.96. The number of rotatable bonds is 4. The second-order valence-electron chi connectivity index (χ2n) is 10.2. The van der Waals surface area contributed by atoms with Gasteiger partial charge in [-0.15, -0.1) is 0 Å². The summed E-state index contributed by atoms with van der Waals surface area (Å²) in [4.78, 5) is 23.0. The first-order valence-corrected chi connectivity index (χ1v) is 13.1. The molecule has 2 unspecified atom stereocenters. The molecule has 0 amide bonds. The summed E-state index contributed by atoms with van der Waals surface area (Å²) < 4.78 is 43.6. The number of aliphatic hydroxyl groups is 2. The van der Waals surface area contributed by atoms with Crippen LogP contribution in [-0.2, 0) is 20.9 Å². The standard InChI is InChI=1S/C13H16ClFN4O.C11H14FN5O3.ClH/c1-4-8-7(2)10(15)13(3,20-8)19-6-18-9-11(14)16-5-17-12(9)19;1-11(8(12)7(19)5(2-18)20-11)17-4-16-6-9(13)14-3-15-10(6)17;/h5-8,10H,4H2,1-3H3;3-5,7-8,18-19H,2H2,1H3,(H2,13,14,15);1H/t7?,8-,10+,13-;5-,7?,8+,11-;/m11./s1. The van der Waals surface area contributed by atoms with Gasteiger partial charge in [-0.25, -0.2) is 28.3 Å². The fourth-order valence-corrected chi connectivity index (χ4v) is 5.63. The maximum absolute atomic E-state index is 14.7. The second kappa shape index (κ2) is 11.5. The Bertz CT molecular complexity index is 1420. The SMILES string of the molecule is CC[C@H]1O[C@@](C)(n2cnc3c(Cl)ncnc32)[C@@H](F)C1C.C[C@@]1([n+]2c[nH]c3c(N)ncnc32)O[C@H](CO)C(O)[C@@H]1F.[Cl-]. The highest BCUT2D eigenvalue weighted by Gasteiger charge is 2.57. The third-order valence-corrected chi connectivity index (χ3v) is 8.06. The predicted molar refractivity (Wildman–Crippen MR) is 138 cm³/mol. The second-order valence-corrected chi connectivity index (χ2v) is 10.6. The minimum atomic E-state index is -1.72. The molecule has 0 aliphatic carbocycles. The molecule has 41 heavy (non-hydrogen) atoms. The Morgan fingerprint density at radius 2 is 1.83 bits per heavy atom. The first-order valence-electron chi connectivity index (χ1n) is 12.7. The van der Waals surface area contributed by atoms with E-state index in [9.17, 15) is 13.9 Å². The van der Waals surface area contributed by atoms with E-state index in [1.807, 2.05) is 13.8 Å². The fourth-order valence-electron chi connectivity index (χ4n) is 5.45. The third kappa shape index (κ3) is 4.87. The number of alkyl halides is 2. The fraction of sp³-hybridized carbons (Fsp3) is 0.583. The van der Waals surface area contributed by atoms with E-state index < -0.39 is 42.6 Å². The lowest BCUT2D eigenvalue weighted by molar-refractivity contribution is -0.788. The van der Waals surface area contributed by atoms with Crippen molar-refractivity contribution in [3.8, 4) is 0 Å². The average molecular weight is 618 g/mol. The van der Waals surface area contributed by atoms with Crippen LogP contribution in [0.3, 0.4) is 0 Å². The summed E-state index contributed by atoms with van der Waals surface area (Å²) >= 11 is 5.98. The van der Waals surface area contributed by atoms with E-state index in [0.29, 0.717) is 22.3 Å². The molecule has 224 valence electrons. The Labute approximate surface area is 244 Å². The predicted octanol–water partition coefficient (Wildman–Crippen LogP) is -1.47. The third-order valence-electron chi connectivity index (χ3n) is 7.78. The van der Waals surface area contributed by atoms with Crippen molar-refractivity contribution in [2.24, 2.45) is 5.92 Å². The van der Waals surface area contributed by atoms with Crippen LogP contribution >= 0.6 is 11.6 Å². The van der Waals surface area contributed by atoms with Gasteiger partial charge in [0, 0.05) is 12.8 Å². The van der Waals surface area contributed by atoms with Crippen LogP contribution in [0, 0.1) is 5.92 Å². The molecule has 2 saturated heterocycles. The van der Waals surface area contributed by atoms with Gasteiger partial charge < -0.3 is 37.8 Å². The van der Waals surface area contributed by atoms with Crippen LogP contribution in [0.5, 0.6) is 0 Å². The van der Waals surface area contributed by atoms with Gasteiger partial charge in [0.15, 0.2) is 47.3 Å². The van der Waals surface area contributed by atoms with Crippen molar-refractivity contribution < 1.29 is 45.4 Å². The number of imidazole rings is 2. The molecule has 5 N–H and O–H groups in total. The molecule has 4 aromatic heterocycles. The van der Waals surface area contributed by atoms with Crippen LogP contribution in [0.15, 0.2) is 25.3 Å².